The summed E-state index contributed by atoms with van der Waals surface area (Å²) < 4.78 is 6.50. The zero-order valence-electron chi connectivity index (χ0n) is 17.9. The van der Waals surface area contributed by atoms with Crippen molar-refractivity contribution in [3.63, 3.8) is 0 Å². The molecule has 164 valence electrons. The molecule has 2 aromatic carbocycles. The van der Waals surface area contributed by atoms with Crippen molar-refractivity contribution in [2.24, 2.45) is 0 Å². The largest absolute Gasteiger partial charge is 0.497 e. The number of H-pyrrole nitrogens is 2. The lowest BCUT2D eigenvalue weighted by molar-refractivity contribution is 0.409. The van der Waals surface area contributed by atoms with Gasteiger partial charge in [0.15, 0.2) is 0 Å². The van der Waals surface area contributed by atoms with Crippen LogP contribution in [0, 0.1) is 0 Å². The molecule has 5 rings (SSSR count). The molecule has 1 atom stereocenters. The lowest BCUT2D eigenvalue weighted by Gasteiger charge is -2.25. The van der Waals surface area contributed by atoms with Gasteiger partial charge in [0.05, 0.1) is 18.8 Å². The molecular formula is C24H24N4O4. The van der Waals surface area contributed by atoms with Crippen LogP contribution in [-0.2, 0) is 12.8 Å². The van der Waals surface area contributed by atoms with Crippen molar-refractivity contribution in [3.8, 4) is 17.3 Å². The number of benzene rings is 2. The third-order valence-corrected chi connectivity index (χ3v) is 6.17. The summed E-state index contributed by atoms with van der Waals surface area (Å²) in [6.07, 6.45) is 1.62. The van der Waals surface area contributed by atoms with Gasteiger partial charge in [0.2, 0.25) is 5.88 Å². The second-order valence-electron chi connectivity index (χ2n) is 7.92. The first-order chi connectivity index (χ1) is 15.5. The molecule has 1 aliphatic heterocycles. The molecule has 0 spiro atoms. The van der Waals surface area contributed by atoms with Crippen LogP contribution in [0.3, 0.4) is 0 Å². The Hall–Kier alpha value is -3.78. The minimum atomic E-state index is -0.682. The Bertz CT molecular complexity index is 1430. The first-order valence-electron chi connectivity index (χ1n) is 10.6. The SMILES string of the molecule is CCc1ccc(-n2c(O)c([C@@H]3NCCc4c3[nH]c3ccc(OC)cc43)c(=O)[nH]c2=O)cc1. The lowest BCUT2D eigenvalue weighted by atomic mass is 9.95. The van der Waals surface area contributed by atoms with E-state index in [1.807, 2.05) is 37.3 Å². The Morgan fingerprint density at radius 1 is 1.12 bits per heavy atom. The average molecular weight is 432 g/mol. The minimum absolute atomic E-state index is 0.101. The van der Waals surface area contributed by atoms with Crippen LogP contribution >= 0.6 is 0 Å². The highest BCUT2D eigenvalue weighted by atomic mass is 16.5. The van der Waals surface area contributed by atoms with Gasteiger partial charge in [-0.2, -0.15) is 0 Å². The molecule has 2 aromatic heterocycles. The van der Waals surface area contributed by atoms with E-state index in [1.165, 1.54) is 0 Å². The van der Waals surface area contributed by atoms with Gasteiger partial charge >= 0.3 is 5.69 Å². The summed E-state index contributed by atoms with van der Waals surface area (Å²) >= 11 is 0. The maximum absolute atomic E-state index is 12.9. The van der Waals surface area contributed by atoms with Crippen molar-refractivity contribution >= 4 is 10.9 Å². The van der Waals surface area contributed by atoms with E-state index in [0.29, 0.717) is 12.2 Å². The molecule has 0 amide bonds. The average Bonchev–Trinajstić information content (AvgIpc) is 3.18. The van der Waals surface area contributed by atoms with Crippen LogP contribution in [0.5, 0.6) is 11.6 Å². The highest BCUT2D eigenvalue weighted by molar-refractivity contribution is 5.86. The molecule has 32 heavy (non-hydrogen) atoms. The summed E-state index contributed by atoms with van der Waals surface area (Å²) in [7, 11) is 1.62. The van der Waals surface area contributed by atoms with E-state index in [-0.39, 0.29) is 11.4 Å². The molecule has 3 heterocycles. The van der Waals surface area contributed by atoms with Crippen LogP contribution in [-0.4, -0.2) is 33.3 Å². The molecule has 0 saturated carbocycles. The highest BCUT2D eigenvalue weighted by Crippen LogP contribution is 2.36. The number of ether oxygens (including phenoxy) is 1. The van der Waals surface area contributed by atoms with Gasteiger partial charge in [0, 0.05) is 23.1 Å². The molecule has 0 saturated heterocycles. The standard InChI is InChI=1S/C24H24N4O4/c1-3-13-4-6-14(7-5-13)28-23(30)19(22(29)27-24(28)31)21-20-16(10-11-25-21)17-12-15(32-2)8-9-18(17)26-20/h4-9,12,21,25-26,30H,3,10-11H2,1-2H3,(H,27,29,31)/t21-/m0/s1. The molecule has 0 aliphatic carbocycles. The monoisotopic (exact) mass is 432 g/mol. The molecule has 0 radical (unpaired) electrons. The van der Waals surface area contributed by atoms with E-state index in [9.17, 15) is 14.7 Å². The number of aromatic amines is 2. The van der Waals surface area contributed by atoms with Gasteiger partial charge < -0.3 is 20.1 Å². The minimum Gasteiger partial charge on any atom is -0.497 e. The van der Waals surface area contributed by atoms with E-state index >= 15 is 0 Å². The van der Waals surface area contributed by atoms with Gasteiger partial charge in [-0.15, -0.1) is 0 Å². The van der Waals surface area contributed by atoms with Crippen molar-refractivity contribution in [3.05, 3.63) is 85.7 Å². The number of methoxy groups -OCH3 is 1. The van der Waals surface area contributed by atoms with Crippen LogP contribution in [0.2, 0.25) is 0 Å². The third-order valence-electron chi connectivity index (χ3n) is 6.17. The van der Waals surface area contributed by atoms with Gasteiger partial charge in [-0.1, -0.05) is 19.1 Å². The quantitative estimate of drug-likeness (QED) is 0.396. The zero-order valence-corrected chi connectivity index (χ0v) is 17.9. The molecule has 4 N–H and O–H groups in total. The number of hydrogen-bond acceptors (Lipinski definition) is 5. The Morgan fingerprint density at radius 3 is 2.62 bits per heavy atom. The summed E-state index contributed by atoms with van der Waals surface area (Å²) in [4.78, 5) is 31.2. The fourth-order valence-corrected chi connectivity index (χ4v) is 4.50. The zero-order chi connectivity index (χ0) is 22.4. The smallest absolute Gasteiger partial charge is 0.335 e. The normalized spacial score (nSPS) is 15.6. The van der Waals surface area contributed by atoms with Crippen LogP contribution in [0.15, 0.2) is 52.1 Å². The predicted molar refractivity (Wildman–Crippen MR) is 122 cm³/mol. The summed E-state index contributed by atoms with van der Waals surface area (Å²) in [6, 6.07) is 12.5. The summed E-state index contributed by atoms with van der Waals surface area (Å²) in [6.45, 7) is 2.66. The molecule has 1 aliphatic rings. The van der Waals surface area contributed by atoms with Gasteiger partial charge in [-0.25, -0.2) is 9.36 Å². The summed E-state index contributed by atoms with van der Waals surface area (Å²) in [5.74, 6) is 0.378. The van der Waals surface area contributed by atoms with E-state index in [0.717, 1.165) is 50.9 Å². The predicted octanol–water partition coefficient (Wildman–Crippen LogP) is 2.52. The van der Waals surface area contributed by atoms with Crippen LogP contribution in [0.25, 0.3) is 16.6 Å². The number of hydrogen-bond donors (Lipinski definition) is 4. The van der Waals surface area contributed by atoms with Gasteiger partial charge in [-0.05, 0) is 54.3 Å². The van der Waals surface area contributed by atoms with E-state index in [4.69, 9.17) is 4.74 Å². The molecule has 8 heteroatoms. The Balaban J connectivity index is 1.69. The maximum Gasteiger partial charge on any atom is 0.335 e. The van der Waals surface area contributed by atoms with Crippen molar-refractivity contribution in [2.45, 2.75) is 25.8 Å². The Labute approximate surface area is 183 Å². The Morgan fingerprint density at radius 2 is 1.91 bits per heavy atom. The van der Waals surface area contributed by atoms with Crippen molar-refractivity contribution in [1.82, 2.24) is 19.9 Å². The summed E-state index contributed by atoms with van der Waals surface area (Å²) in [5, 5.41) is 15.5. The molecule has 4 aromatic rings. The lowest BCUT2D eigenvalue weighted by Crippen LogP contribution is -2.38. The molecule has 8 nitrogen and oxygen atoms in total. The number of aryl methyl sites for hydroxylation is 1. The van der Waals surface area contributed by atoms with Gasteiger partial charge in [0.1, 0.15) is 11.3 Å². The fraction of sp³-hybridized carbons (Fsp3) is 0.250. The van der Waals surface area contributed by atoms with Crippen molar-refractivity contribution < 1.29 is 9.84 Å². The highest BCUT2D eigenvalue weighted by Gasteiger charge is 2.31. The van der Waals surface area contributed by atoms with Crippen LogP contribution in [0.1, 0.15) is 35.3 Å². The van der Waals surface area contributed by atoms with E-state index in [2.05, 4.69) is 15.3 Å². The number of nitrogens with zero attached hydrogens (tertiary/aromatic N) is 1. The van der Waals surface area contributed by atoms with Crippen molar-refractivity contribution in [1.29, 1.82) is 0 Å². The number of aromatic nitrogens is 3. The second-order valence-corrected chi connectivity index (χ2v) is 7.92. The van der Waals surface area contributed by atoms with E-state index < -0.39 is 17.3 Å². The summed E-state index contributed by atoms with van der Waals surface area (Å²) in [5.41, 5.74) is 3.18. The first kappa shape index (κ1) is 20.1. The van der Waals surface area contributed by atoms with Crippen LogP contribution in [0.4, 0.5) is 0 Å². The Kier molecular flexibility index (Phi) is 4.86. The maximum atomic E-state index is 12.9. The first-order valence-corrected chi connectivity index (χ1v) is 10.6. The van der Waals surface area contributed by atoms with Gasteiger partial charge in [-0.3, -0.25) is 9.78 Å². The number of fused-ring (bicyclic) bond motifs is 3. The molecular weight excluding hydrogens is 408 g/mol. The van der Waals surface area contributed by atoms with Crippen molar-refractivity contribution in [2.75, 3.05) is 13.7 Å². The number of rotatable bonds is 4. The third kappa shape index (κ3) is 3.11. The number of aromatic hydroxyl groups is 1. The molecule has 0 fully saturated rings. The topological polar surface area (TPSA) is 112 Å². The van der Waals surface area contributed by atoms with Crippen LogP contribution < -0.4 is 21.3 Å². The number of nitrogens with one attached hydrogen (secondary N) is 3. The fourth-order valence-electron chi connectivity index (χ4n) is 4.50. The van der Waals surface area contributed by atoms with Gasteiger partial charge in [0.25, 0.3) is 5.56 Å². The van der Waals surface area contributed by atoms with E-state index in [1.54, 1.807) is 19.2 Å². The second kappa shape index (κ2) is 7.72. The molecule has 0 bridgehead atoms. The molecule has 0 unspecified atom stereocenters.